The molecule has 0 fully saturated rings. The van der Waals surface area contributed by atoms with Gasteiger partial charge in [-0.1, -0.05) is 0 Å². The molecule has 0 aromatic rings. The van der Waals surface area contributed by atoms with Gasteiger partial charge in [0.1, 0.15) is 5.54 Å². The first-order chi connectivity index (χ1) is 5.85. The van der Waals surface area contributed by atoms with Crippen LogP contribution in [0.15, 0.2) is 0 Å². The van der Waals surface area contributed by atoms with E-state index in [9.17, 15) is 4.79 Å². The minimum Gasteiger partial charge on any atom is -0.468 e. The number of esters is 1. The van der Waals surface area contributed by atoms with Crippen LogP contribution in [-0.4, -0.2) is 38.4 Å². The van der Waals surface area contributed by atoms with E-state index in [1.165, 1.54) is 7.11 Å². The van der Waals surface area contributed by atoms with Crippen molar-refractivity contribution in [2.45, 2.75) is 31.9 Å². The summed E-state index contributed by atoms with van der Waals surface area (Å²) in [5.41, 5.74) is -1.45. The van der Waals surface area contributed by atoms with Gasteiger partial charge >= 0.3 is 5.97 Å². The van der Waals surface area contributed by atoms with E-state index in [4.69, 9.17) is 9.47 Å². The van der Waals surface area contributed by atoms with Crippen LogP contribution in [0.1, 0.15) is 20.8 Å². The number of carbonyl (C=O) groups is 1. The molecule has 4 nitrogen and oxygen atoms in total. The van der Waals surface area contributed by atoms with E-state index in [0.717, 1.165) is 0 Å². The molecule has 13 heavy (non-hydrogen) atoms. The van der Waals surface area contributed by atoms with Crippen LogP contribution in [0.2, 0.25) is 0 Å². The predicted octanol–water partition coefficient (Wildman–Crippen LogP) is 0.562. The first-order valence-corrected chi connectivity index (χ1v) is 4.18. The summed E-state index contributed by atoms with van der Waals surface area (Å²) >= 11 is 0. The van der Waals surface area contributed by atoms with Crippen molar-refractivity contribution in [1.82, 2.24) is 5.32 Å². The lowest BCUT2D eigenvalue weighted by atomic mass is 9.84. The Labute approximate surface area is 79.6 Å². The Morgan fingerprint density at radius 3 is 1.92 bits per heavy atom. The molecule has 1 unspecified atom stereocenters. The third-order valence-corrected chi connectivity index (χ3v) is 2.81. The molecule has 0 radical (unpaired) electrons. The highest BCUT2D eigenvalue weighted by atomic mass is 16.5. The van der Waals surface area contributed by atoms with Crippen molar-refractivity contribution < 1.29 is 14.3 Å². The highest BCUT2D eigenvalue weighted by molar-refractivity contribution is 5.81. The second-order valence-electron chi connectivity index (χ2n) is 3.58. The molecular weight excluding hydrogens is 170 g/mol. The number of carbonyl (C=O) groups excluding carboxylic acids is 1. The minimum atomic E-state index is -0.837. The van der Waals surface area contributed by atoms with E-state index in [1.54, 1.807) is 21.1 Å². The minimum absolute atomic E-state index is 0.332. The second kappa shape index (κ2) is 4.07. The van der Waals surface area contributed by atoms with Gasteiger partial charge in [-0.25, -0.2) is 4.79 Å². The van der Waals surface area contributed by atoms with Gasteiger partial charge in [-0.3, -0.25) is 0 Å². The summed E-state index contributed by atoms with van der Waals surface area (Å²) in [6, 6.07) is 0. The summed E-state index contributed by atoms with van der Waals surface area (Å²) in [5.74, 6) is -0.332. The van der Waals surface area contributed by atoms with Crippen LogP contribution in [0.25, 0.3) is 0 Å². The fraction of sp³-hybridized carbons (Fsp3) is 0.889. The first kappa shape index (κ1) is 12.4. The third-order valence-electron chi connectivity index (χ3n) is 2.81. The zero-order valence-electron chi connectivity index (χ0n) is 9.22. The number of methoxy groups -OCH3 is 2. The summed E-state index contributed by atoms with van der Waals surface area (Å²) in [6.07, 6.45) is 0. The van der Waals surface area contributed by atoms with Gasteiger partial charge in [-0.2, -0.15) is 0 Å². The largest absolute Gasteiger partial charge is 0.468 e. The molecule has 0 aromatic carbocycles. The van der Waals surface area contributed by atoms with Gasteiger partial charge in [0, 0.05) is 7.11 Å². The van der Waals surface area contributed by atoms with Crippen molar-refractivity contribution in [2.75, 3.05) is 21.3 Å². The summed E-state index contributed by atoms with van der Waals surface area (Å²) in [4.78, 5) is 11.5. The lowest BCUT2D eigenvalue weighted by Gasteiger charge is -2.40. The molecule has 0 saturated carbocycles. The maximum Gasteiger partial charge on any atom is 0.328 e. The van der Waals surface area contributed by atoms with E-state index >= 15 is 0 Å². The van der Waals surface area contributed by atoms with E-state index in [2.05, 4.69) is 5.32 Å². The van der Waals surface area contributed by atoms with E-state index in [1.807, 2.05) is 13.8 Å². The van der Waals surface area contributed by atoms with Gasteiger partial charge in [0.2, 0.25) is 0 Å². The smallest absolute Gasteiger partial charge is 0.328 e. The summed E-state index contributed by atoms with van der Waals surface area (Å²) in [5, 5.41) is 2.92. The van der Waals surface area contributed by atoms with Crippen LogP contribution in [0, 0.1) is 0 Å². The fourth-order valence-corrected chi connectivity index (χ4v) is 1.06. The van der Waals surface area contributed by atoms with Crippen molar-refractivity contribution in [3.05, 3.63) is 0 Å². The molecule has 0 rings (SSSR count). The zero-order chi connectivity index (χ0) is 10.7. The topological polar surface area (TPSA) is 47.6 Å². The molecule has 0 aromatic heterocycles. The Morgan fingerprint density at radius 1 is 1.23 bits per heavy atom. The Morgan fingerprint density at radius 2 is 1.69 bits per heavy atom. The molecule has 78 valence electrons. The second-order valence-corrected chi connectivity index (χ2v) is 3.58. The molecule has 0 saturated heterocycles. The van der Waals surface area contributed by atoms with Crippen LogP contribution in [-0.2, 0) is 14.3 Å². The Hall–Kier alpha value is -0.610. The average molecular weight is 189 g/mol. The van der Waals surface area contributed by atoms with Crippen LogP contribution in [0.5, 0.6) is 0 Å². The number of nitrogens with one attached hydrogen (secondary N) is 1. The molecule has 0 bridgehead atoms. The fourth-order valence-electron chi connectivity index (χ4n) is 1.06. The zero-order valence-corrected chi connectivity index (χ0v) is 9.22. The van der Waals surface area contributed by atoms with Crippen LogP contribution >= 0.6 is 0 Å². The maximum absolute atomic E-state index is 11.5. The summed E-state index contributed by atoms with van der Waals surface area (Å²) < 4.78 is 9.97. The number of hydrogen-bond donors (Lipinski definition) is 1. The van der Waals surface area contributed by atoms with Crippen molar-refractivity contribution in [3.63, 3.8) is 0 Å². The molecule has 0 aliphatic carbocycles. The SMILES string of the molecule is CNC(C)(C(=O)OC)C(C)(C)OC. The van der Waals surface area contributed by atoms with Gasteiger partial charge in [-0.15, -0.1) is 0 Å². The van der Waals surface area contributed by atoms with Crippen molar-refractivity contribution in [3.8, 4) is 0 Å². The molecule has 0 spiro atoms. The lowest BCUT2D eigenvalue weighted by molar-refractivity contribution is -0.160. The highest BCUT2D eigenvalue weighted by Crippen LogP contribution is 2.25. The molecule has 1 atom stereocenters. The molecular formula is C9H19NO3. The van der Waals surface area contributed by atoms with Crippen LogP contribution < -0.4 is 5.32 Å². The van der Waals surface area contributed by atoms with Gasteiger partial charge in [0.15, 0.2) is 0 Å². The third kappa shape index (κ3) is 2.00. The lowest BCUT2D eigenvalue weighted by Crippen LogP contribution is -2.63. The Kier molecular flexibility index (Phi) is 3.88. The standard InChI is InChI=1S/C9H19NO3/c1-8(2,13-6)9(3,10-4)7(11)12-5/h10H,1-6H3. The van der Waals surface area contributed by atoms with Crippen molar-refractivity contribution in [1.29, 1.82) is 0 Å². The highest BCUT2D eigenvalue weighted by Gasteiger charge is 2.47. The summed E-state index contributed by atoms with van der Waals surface area (Å²) in [6.45, 7) is 5.42. The number of likely N-dealkylation sites (N-methyl/N-ethyl adjacent to an activating group) is 1. The van der Waals surface area contributed by atoms with Crippen LogP contribution in [0.4, 0.5) is 0 Å². The number of ether oxygens (including phenoxy) is 2. The van der Waals surface area contributed by atoms with Crippen LogP contribution in [0.3, 0.4) is 0 Å². The van der Waals surface area contributed by atoms with E-state index < -0.39 is 11.1 Å². The average Bonchev–Trinajstić information content (AvgIpc) is 2.14. The molecule has 0 aliphatic heterocycles. The Bertz CT molecular complexity index is 191. The van der Waals surface area contributed by atoms with Gasteiger partial charge in [-0.05, 0) is 27.8 Å². The Balaban J connectivity index is 4.93. The maximum atomic E-state index is 11.5. The molecule has 0 amide bonds. The number of hydrogen-bond acceptors (Lipinski definition) is 4. The van der Waals surface area contributed by atoms with Gasteiger partial charge < -0.3 is 14.8 Å². The van der Waals surface area contributed by atoms with E-state index in [0.29, 0.717) is 0 Å². The van der Waals surface area contributed by atoms with Gasteiger partial charge in [0.25, 0.3) is 0 Å². The normalized spacial score (nSPS) is 16.5. The molecule has 4 heteroatoms. The van der Waals surface area contributed by atoms with Crippen molar-refractivity contribution in [2.24, 2.45) is 0 Å². The monoisotopic (exact) mass is 189 g/mol. The molecule has 0 aliphatic rings. The number of rotatable bonds is 4. The molecule has 0 heterocycles. The first-order valence-electron chi connectivity index (χ1n) is 4.18. The van der Waals surface area contributed by atoms with Crippen molar-refractivity contribution >= 4 is 5.97 Å². The molecule has 1 N–H and O–H groups in total. The van der Waals surface area contributed by atoms with E-state index in [-0.39, 0.29) is 5.97 Å². The predicted molar refractivity (Wildman–Crippen MR) is 50.6 cm³/mol. The quantitative estimate of drug-likeness (QED) is 0.656. The van der Waals surface area contributed by atoms with Gasteiger partial charge in [0.05, 0.1) is 12.7 Å². The summed E-state index contributed by atoms with van der Waals surface area (Å²) in [7, 11) is 4.64.